The average molecular weight is 298 g/mol. The summed E-state index contributed by atoms with van der Waals surface area (Å²) in [5.74, 6) is 1.67. The van der Waals surface area contributed by atoms with Crippen LogP contribution in [0.25, 0.3) is 0 Å². The number of anilines is 2. The van der Waals surface area contributed by atoms with Gasteiger partial charge in [-0.05, 0) is 44.4 Å². The molecule has 1 saturated heterocycles. The van der Waals surface area contributed by atoms with E-state index in [-0.39, 0.29) is 6.04 Å². The molecule has 2 aromatic heterocycles. The van der Waals surface area contributed by atoms with Crippen molar-refractivity contribution in [1.29, 1.82) is 0 Å². The van der Waals surface area contributed by atoms with Gasteiger partial charge in [-0.25, -0.2) is 9.97 Å². The second-order valence-corrected chi connectivity index (χ2v) is 6.00. The predicted octanol–water partition coefficient (Wildman–Crippen LogP) is 2.29. The first-order valence-electron chi connectivity index (χ1n) is 7.64. The lowest BCUT2D eigenvalue weighted by atomic mass is 10.1. The van der Waals surface area contributed by atoms with Gasteiger partial charge in [0.05, 0.1) is 11.7 Å². The lowest BCUT2D eigenvalue weighted by molar-refractivity contribution is 0.663. The molecule has 0 radical (unpaired) electrons. The summed E-state index contributed by atoms with van der Waals surface area (Å²) in [7, 11) is 3.93. The largest absolute Gasteiger partial charge is 0.361 e. The Balaban J connectivity index is 1.87. The molecule has 22 heavy (non-hydrogen) atoms. The van der Waals surface area contributed by atoms with Crippen LogP contribution in [-0.2, 0) is 0 Å². The molecular formula is C16H22N6. The highest BCUT2D eigenvalue weighted by Gasteiger charge is 2.29. The first kappa shape index (κ1) is 14.7. The lowest BCUT2D eigenvalue weighted by Crippen LogP contribution is -2.26. The minimum Gasteiger partial charge on any atom is -0.361 e. The van der Waals surface area contributed by atoms with Crippen LogP contribution in [0.3, 0.4) is 0 Å². The van der Waals surface area contributed by atoms with Gasteiger partial charge in [0, 0.05) is 32.5 Å². The molecule has 0 N–H and O–H groups in total. The first-order chi connectivity index (χ1) is 10.6. The van der Waals surface area contributed by atoms with E-state index in [0.29, 0.717) is 0 Å². The number of hydrogen-bond acceptors (Lipinski definition) is 6. The summed E-state index contributed by atoms with van der Waals surface area (Å²) < 4.78 is 0. The summed E-state index contributed by atoms with van der Waals surface area (Å²) in [6.07, 6.45) is 4.08. The van der Waals surface area contributed by atoms with E-state index >= 15 is 0 Å². The van der Waals surface area contributed by atoms with Gasteiger partial charge in [-0.15, -0.1) is 5.10 Å². The zero-order valence-electron chi connectivity index (χ0n) is 13.6. The van der Waals surface area contributed by atoms with Crippen molar-refractivity contribution < 1.29 is 0 Å². The fourth-order valence-electron chi connectivity index (χ4n) is 2.72. The molecule has 3 rings (SSSR count). The summed E-state index contributed by atoms with van der Waals surface area (Å²) in [6.45, 7) is 5.02. The third-order valence-electron chi connectivity index (χ3n) is 4.19. The van der Waals surface area contributed by atoms with Gasteiger partial charge >= 0.3 is 0 Å². The Kier molecular flexibility index (Phi) is 3.92. The second kappa shape index (κ2) is 5.87. The average Bonchev–Trinajstić information content (AvgIpc) is 2.99. The molecule has 0 saturated carbocycles. The number of rotatable bonds is 3. The Labute approximate surface area is 131 Å². The molecule has 116 valence electrons. The zero-order chi connectivity index (χ0) is 15.7. The monoisotopic (exact) mass is 298 g/mol. The van der Waals surface area contributed by atoms with Crippen molar-refractivity contribution >= 4 is 11.8 Å². The maximum Gasteiger partial charge on any atom is 0.226 e. The summed E-state index contributed by atoms with van der Waals surface area (Å²) in [4.78, 5) is 13.3. The summed E-state index contributed by atoms with van der Waals surface area (Å²) in [5, 5.41) is 8.70. The van der Waals surface area contributed by atoms with E-state index in [2.05, 4.69) is 31.1 Å². The molecule has 2 aromatic rings. The van der Waals surface area contributed by atoms with Gasteiger partial charge in [0.15, 0.2) is 5.82 Å². The van der Waals surface area contributed by atoms with E-state index in [1.54, 1.807) is 0 Å². The highest BCUT2D eigenvalue weighted by molar-refractivity contribution is 5.40. The fraction of sp³-hybridized carbons (Fsp3) is 0.500. The van der Waals surface area contributed by atoms with Crippen LogP contribution in [0.1, 0.15) is 35.8 Å². The number of nitrogens with zero attached hydrogens (tertiary/aromatic N) is 6. The summed E-state index contributed by atoms with van der Waals surface area (Å²) >= 11 is 0. The normalized spacial score (nSPS) is 17.8. The molecule has 0 bridgehead atoms. The maximum atomic E-state index is 4.63. The molecule has 0 aliphatic carbocycles. The fourth-order valence-corrected chi connectivity index (χ4v) is 2.72. The van der Waals surface area contributed by atoms with E-state index in [1.807, 2.05) is 45.1 Å². The van der Waals surface area contributed by atoms with Crippen LogP contribution in [0.4, 0.5) is 11.8 Å². The number of hydrogen-bond donors (Lipinski definition) is 0. The third kappa shape index (κ3) is 2.73. The molecule has 0 amide bonds. The number of aromatic nitrogens is 4. The van der Waals surface area contributed by atoms with Crippen molar-refractivity contribution in [3.8, 4) is 0 Å². The molecule has 1 aliphatic heterocycles. The van der Waals surface area contributed by atoms with Crippen molar-refractivity contribution in [2.24, 2.45) is 0 Å². The molecule has 1 aliphatic rings. The Bertz CT molecular complexity index is 652. The van der Waals surface area contributed by atoms with Gasteiger partial charge in [0.2, 0.25) is 5.95 Å². The van der Waals surface area contributed by atoms with Crippen LogP contribution in [-0.4, -0.2) is 40.8 Å². The van der Waals surface area contributed by atoms with E-state index in [1.165, 1.54) is 0 Å². The molecule has 6 heteroatoms. The van der Waals surface area contributed by atoms with Crippen molar-refractivity contribution in [3.05, 3.63) is 35.3 Å². The summed E-state index contributed by atoms with van der Waals surface area (Å²) in [5.41, 5.74) is 3.14. The van der Waals surface area contributed by atoms with E-state index in [0.717, 1.165) is 48.1 Å². The van der Waals surface area contributed by atoms with E-state index in [9.17, 15) is 0 Å². The molecule has 3 heterocycles. The third-order valence-corrected chi connectivity index (χ3v) is 4.19. The van der Waals surface area contributed by atoms with Gasteiger partial charge in [-0.2, -0.15) is 5.10 Å². The van der Waals surface area contributed by atoms with Crippen LogP contribution >= 0.6 is 0 Å². The predicted molar refractivity (Wildman–Crippen MR) is 87.2 cm³/mol. The maximum absolute atomic E-state index is 4.63. The highest BCUT2D eigenvalue weighted by Crippen LogP contribution is 2.33. The number of aryl methyl sites for hydroxylation is 2. The quantitative estimate of drug-likeness (QED) is 0.866. The Hall–Kier alpha value is -2.24. The Morgan fingerprint density at radius 2 is 2.00 bits per heavy atom. The van der Waals surface area contributed by atoms with Gasteiger partial charge < -0.3 is 9.80 Å². The van der Waals surface area contributed by atoms with Gasteiger partial charge in [-0.1, -0.05) is 0 Å². The molecule has 1 fully saturated rings. The van der Waals surface area contributed by atoms with Crippen LogP contribution in [0.5, 0.6) is 0 Å². The van der Waals surface area contributed by atoms with Crippen molar-refractivity contribution in [2.75, 3.05) is 30.4 Å². The molecule has 1 unspecified atom stereocenters. The zero-order valence-corrected chi connectivity index (χ0v) is 13.6. The van der Waals surface area contributed by atoms with E-state index in [4.69, 9.17) is 0 Å². The van der Waals surface area contributed by atoms with Gasteiger partial charge in [-0.3, -0.25) is 0 Å². The van der Waals surface area contributed by atoms with E-state index < -0.39 is 0 Å². The molecule has 1 atom stereocenters. The second-order valence-electron chi connectivity index (χ2n) is 6.00. The van der Waals surface area contributed by atoms with Crippen molar-refractivity contribution in [3.63, 3.8) is 0 Å². The van der Waals surface area contributed by atoms with Crippen molar-refractivity contribution in [2.45, 2.75) is 32.7 Å². The molecule has 6 nitrogen and oxygen atoms in total. The Morgan fingerprint density at radius 3 is 2.64 bits per heavy atom. The first-order valence-corrected chi connectivity index (χ1v) is 7.64. The van der Waals surface area contributed by atoms with Gasteiger partial charge in [0.25, 0.3) is 0 Å². The Morgan fingerprint density at radius 1 is 1.18 bits per heavy atom. The highest BCUT2D eigenvalue weighted by atomic mass is 15.3. The summed E-state index contributed by atoms with van der Waals surface area (Å²) in [6, 6.07) is 4.29. The van der Waals surface area contributed by atoms with Crippen LogP contribution < -0.4 is 9.80 Å². The van der Waals surface area contributed by atoms with Crippen LogP contribution in [0, 0.1) is 13.8 Å². The molecule has 0 spiro atoms. The van der Waals surface area contributed by atoms with Crippen LogP contribution in [0.15, 0.2) is 18.3 Å². The minimum atomic E-state index is 0.214. The van der Waals surface area contributed by atoms with Crippen LogP contribution in [0.2, 0.25) is 0 Å². The molecular weight excluding hydrogens is 276 g/mol. The van der Waals surface area contributed by atoms with Gasteiger partial charge in [0.1, 0.15) is 0 Å². The SMILES string of the molecule is Cc1cnc(N2CCCC2c2ccc(N(C)C)nn2)nc1C. The standard InChI is InChI=1S/C16H22N6/c1-11-10-17-16(18-12(11)2)22-9-5-6-14(22)13-7-8-15(20-19-13)21(3)4/h7-8,10,14H,5-6,9H2,1-4H3. The molecule has 0 aromatic carbocycles. The minimum absolute atomic E-state index is 0.214. The van der Waals surface area contributed by atoms with Crippen molar-refractivity contribution in [1.82, 2.24) is 20.2 Å². The smallest absolute Gasteiger partial charge is 0.226 e. The lowest BCUT2D eigenvalue weighted by Gasteiger charge is -2.24. The topological polar surface area (TPSA) is 58.0 Å².